The van der Waals surface area contributed by atoms with Crippen LogP contribution >= 0.6 is 0 Å². The molecule has 2 aromatic heterocycles. The summed E-state index contributed by atoms with van der Waals surface area (Å²) in [6.07, 6.45) is 0. The Hall–Kier alpha value is -4.48. The zero-order valence-electron chi connectivity index (χ0n) is 15.2. The summed E-state index contributed by atoms with van der Waals surface area (Å²) in [4.78, 5) is 12.3. The summed E-state index contributed by atoms with van der Waals surface area (Å²) in [6.45, 7) is 7.36. The number of hydrogen-bond acceptors (Lipinski definition) is 3. The summed E-state index contributed by atoms with van der Waals surface area (Å²) >= 11 is 0. The highest BCUT2D eigenvalue weighted by Crippen LogP contribution is 2.37. The Morgan fingerprint density at radius 1 is 0.862 bits per heavy atom. The number of rotatable bonds is 2. The van der Waals surface area contributed by atoms with Crippen molar-refractivity contribution in [2.75, 3.05) is 0 Å². The Balaban J connectivity index is 1.98. The second kappa shape index (κ2) is 6.60. The molecule has 5 heteroatoms. The monoisotopic (exact) mass is 371 g/mol. The van der Waals surface area contributed by atoms with Gasteiger partial charge in [0.15, 0.2) is 0 Å². The molecule has 5 nitrogen and oxygen atoms in total. The highest BCUT2D eigenvalue weighted by atomic mass is 15.2. The molecule has 0 N–H and O–H groups in total. The van der Waals surface area contributed by atoms with E-state index < -0.39 is 0 Å². The van der Waals surface area contributed by atoms with E-state index in [1.54, 1.807) is 0 Å². The van der Waals surface area contributed by atoms with E-state index in [0.29, 0.717) is 5.95 Å². The van der Waals surface area contributed by atoms with Crippen molar-refractivity contribution in [3.05, 3.63) is 96.0 Å². The zero-order chi connectivity index (χ0) is 19.8. The van der Waals surface area contributed by atoms with Crippen molar-refractivity contribution in [1.82, 2.24) is 14.5 Å². The highest BCUT2D eigenvalue weighted by molar-refractivity contribution is 6.13. The Bertz CT molecular complexity index is 1430. The fraction of sp³-hybridized carbons (Fsp3) is 0. The maximum atomic E-state index is 9.39. The second-order valence-corrected chi connectivity index (χ2v) is 6.56. The van der Waals surface area contributed by atoms with Crippen LogP contribution in [-0.2, 0) is 0 Å². The number of aromatic nitrogens is 3. The van der Waals surface area contributed by atoms with Crippen molar-refractivity contribution in [3.8, 4) is 23.1 Å². The molecule has 0 spiro atoms. The molecule has 2 heterocycles. The molecule has 0 bridgehead atoms. The summed E-state index contributed by atoms with van der Waals surface area (Å²) in [6, 6.07) is 27.8. The molecule has 29 heavy (non-hydrogen) atoms. The Labute approximate surface area is 166 Å². The van der Waals surface area contributed by atoms with Gasteiger partial charge >= 0.3 is 5.95 Å². The SMILES string of the molecule is [C-]#[N+]c1cc(C#N)nc(-n2c3ccccc3c3cccc(-c4ccccc4)c32)n1. The van der Waals surface area contributed by atoms with Gasteiger partial charge in [-0.25, -0.2) is 0 Å². The molecule has 0 unspecified atom stereocenters. The topological polar surface area (TPSA) is 58.9 Å². The molecule has 0 saturated heterocycles. The van der Waals surface area contributed by atoms with Crippen molar-refractivity contribution in [1.29, 1.82) is 5.26 Å². The minimum Gasteiger partial charge on any atom is -0.360 e. The molecule has 0 aliphatic rings. The Morgan fingerprint density at radius 2 is 1.62 bits per heavy atom. The van der Waals surface area contributed by atoms with Crippen molar-refractivity contribution >= 4 is 27.6 Å². The largest absolute Gasteiger partial charge is 0.360 e. The molecular weight excluding hydrogens is 358 g/mol. The third-order valence-electron chi connectivity index (χ3n) is 4.91. The van der Waals surface area contributed by atoms with Gasteiger partial charge in [-0.3, -0.25) is 4.57 Å². The van der Waals surface area contributed by atoms with Gasteiger partial charge in [0.25, 0.3) is 5.82 Å². The van der Waals surface area contributed by atoms with Gasteiger partial charge < -0.3 is 4.85 Å². The number of nitriles is 1. The van der Waals surface area contributed by atoms with Gasteiger partial charge in [0, 0.05) is 22.4 Å². The lowest BCUT2D eigenvalue weighted by Gasteiger charge is -2.08. The standard InChI is InChI=1S/C24H13N5/c1-26-22-14-17(15-25)27-24(28-22)29-21-13-6-5-10-19(21)20-12-7-11-18(23(20)29)16-8-3-2-4-9-16/h2-14H. The van der Waals surface area contributed by atoms with Gasteiger partial charge in [0.1, 0.15) is 11.8 Å². The zero-order valence-corrected chi connectivity index (χ0v) is 15.2. The van der Waals surface area contributed by atoms with E-state index in [4.69, 9.17) is 6.57 Å². The van der Waals surface area contributed by atoms with E-state index in [1.807, 2.05) is 53.1 Å². The number of para-hydroxylation sites is 2. The molecule has 0 amide bonds. The van der Waals surface area contributed by atoms with Crippen LogP contribution in [0.25, 0.3) is 43.7 Å². The van der Waals surface area contributed by atoms with Crippen LogP contribution < -0.4 is 0 Å². The summed E-state index contributed by atoms with van der Waals surface area (Å²) in [5.41, 5.74) is 4.16. The summed E-state index contributed by atoms with van der Waals surface area (Å²) in [5, 5.41) is 11.5. The number of fused-ring (bicyclic) bond motifs is 3. The summed E-state index contributed by atoms with van der Waals surface area (Å²) in [7, 11) is 0. The lowest BCUT2D eigenvalue weighted by atomic mass is 10.0. The Morgan fingerprint density at radius 3 is 2.41 bits per heavy atom. The maximum absolute atomic E-state index is 9.39. The van der Waals surface area contributed by atoms with Crippen molar-refractivity contribution in [2.45, 2.75) is 0 Å². The van der Waals surface area contributed by atoms with Gasteiger partial charge in [0.05, 0.1) is 11.0 Å². The van der Waals surface area contributed by atoms with Crippen molar-refractivity contribution < 1.29 is 0 Å². The van der Waals surface area contributed by atoms with E-state index in [2.05, 4.69) is 45.1 Å². The van der Waals surface area contributed by atoms with Crippen LogP contribution in [0.1, 0.15) is 5.69 Å². The molecule has 0 aliphatic heterocycles. The minimum atomic E-state index is 0.148. The minimum absolute atomic E-state index is 0.148. The molecule has 134 valence electrons. The third kappa shape index (κ3) is 2.62. The molecule has 0 atom stereocenters. The van der Waals surface area contributed by atoms with Crippen LogP contribution in [0, 0.1) is 17.9 Å². The first kappa shape index (κ1) is 16.7. The predicted octanol–water partition coefficient (Wildman–Crippen LogP) is 5.66. The third-order valence-corrected chi connectivity index (χ3v) is 4.91. The molecule has 3 aromatic carbocycles. The van der Waals surface area contributed by atoms with E-state index in [0.717, 1.165) is 32.9 Å². The first-order valence-corrected chi connectivity index (χ1v) is 9.05. The van der Waals surface area contributed by atoms with Crippen LogP contribution in [0.2, 0.25) is 0 Å². The molecule has 0 aliphatic carbocycles. The van der Waals surface area contributed by atoms with Gasteiger partial charge in [0.2, 0.25) is 0 Å². The van der Waals surface area contributed by atoms with Crippen LogP contribution in [0.3, 0.4) is 0 Å². The summed E-state index contributed by atoms with van der Waals surface area (Å²) in [5.74, 6) is 0.472. The molecule has 0 radical (unpaired) electrons. The van der Waals surface area contributed by atoms with E-state index in [-0.39, 0.29) is 11.5 Å². The molecular formula is C24H13N5. The normalized spacial score (nSPS) is 10.7. The van der Waals surface area contributed by atoms with Crippen molar-refractivity contribution in [2.24, 2.45) is 0 Å². The highest BCUT2D eigenvalue weighted by Gasteiger charge is 2.20. The molecule has 5 aromatic rings. The fourth-order valence-electron chi connectivity index (χ4n) is 3.71. The summed E-state index contributed by atoms with van der Waals surface area (Å²) < 4.78 is 1.95. The van der Waals surface area contributed by atoms with E-state index in [9.17, 15) is 5.26 Å². The van der Waals surface area contributed by atoms with Crippen LogP contribution in [0.15, 0.2) is 78.9 Å². The smallest absolute Gasteiger partial charge is 0.332 e. The quantitative estimate of drug-likeness (QED) is 0.376. The average molecular weight is 371 g/mol. The first-order valence-electron chi connectivity index (χ1n) is 9.05. The number of nitrogens with zero attached hydrogens (tertiary/aromatic N) is 5. The predicted molar refractivity (Wildman–Crippen MR) is 113 cm³/mol. The first-order chi connectivity index (χ1) is 14.3. The van der Waals surface area contributed by atoms with E-state index >= 15 is 0 Å². The van der Waals surface area contributed by atoms with Gasteiger partial charge in [-0.15, -0.1) is 0 Å². The number of hydrogen-bond donors (Lipinski definition) is 0. The molecule has 5 rings (SSSR count). The lowest BCUT2D eigenvalue weighted by molar-refractivity contribution is 0.987. The second-order valence-electron chi connectivity index (χ2n) is 6.56. The van der Waals surface area contributed by atoms with Crippen LogP contribution in [-0.4, -0.2) is 14.5 Å². The molecule has 0 saturated carbocycles. The average Bonchev–Trinajstić information content (AvgIpc) is 3.14. The Kier molecular flexibility index (Phi) is 3.79. The maximum Gasteiger partial charge on any atom is 0.332 e. The van der Waals surface area contributed by atoms with E-state index in [1.165, 1.54) is 6.07 Å². The van der Waals surface area contributed by atoms with Crippen LogP contribution in [0.4, 0.5) is 5.82 Å². The lowest BCUT2D eigenvalue weighted by Crippen LogP contribution is -2.03. The van der Waals surface area contributed by atoms with Gasteiger partial charge in [-0.1, -0.05) is 78.3 Å². The van der Waals surface area contributed by atoms with Crippen LogP contribution in [0.5, 0.6) is 0 Å². The number of benzene rings is 3. The van der Waals surface area contributed by atoms with Gasteiger partial charge in [-0.05, 0) is 11.6 Å². The van der Waals surface area contributed by atoms with Gasteiger partial charge in [-0.2, -0.15) is 10.2 Å². The molecule has 0 fully saturated rings. The van der Waals surface area contributed by atoms with Crippen molar-refractivity contribution in [3.63, 3.8) is 0 Å². The fourth-order valence-corrected chi connectivity index (χ4v) is 3.71.